The van der Waals surface area contributed by atoms with Gasteiger partial charge in [-0.3, -0.25) is 9.80 Å². The van der Waals surface area contributed by atoms with Crippen LogP contribution in [0.2, 0.25) is 0 Å². The van der Waals surface area contributed by atoms with Crippen molar-refractivity contribution in [1.29, 1.82) is 5.26 Å². The van der Waals surface area contributed by atoms with Gasteiger partial charge in [-0.25, -0.2) is 0 Å². The van der Waals surface area contributed by atoms with Crippen molar-refractivity contribution < 1.29 is 4.74 Å². The fraction of sp³-hybridized carbons (Fsp3) is 0.381. The molecule has 4 nitrogen and oxygen atoms in total. The molecule has 0 aliphatic carbocycles. The van der Waals surface area contributed by atoms with E-state index in [4.69, 9.17) is 10.00 Å². The number of hydrogen-bond donors (Lipinski definition) is 0. The lowest BCUT2D eigenvalue weighted by atomic mass is 10.1. The predicted octanol–water partition coefficient (Wildman–Crippen LogP) is 3.30. The van der Waals surface area contributed by atoms with Crippen LogP contribution in [-0.4, -0.2) is 42.5 Å². The standard InChI is InChI=1S/C21H25N3O/c22-11-6-12-23-13-15-24(16-14-23)17-20-9-4-5-10-21(20)25-18-19-7-2-1-3-8-19/h1-5,7-10H,6,12-18H2. The highest BCUT2D eigenvalue weighted by atomic mass is 16.5. The zero-order valence-electron chi connectivity index (χ0n) is 14.6. The van der Waals surface area contributed by atoms with E-state index < -0.39 is 0 Å². The van der Waals surface area contributed by atoms with E-state index in [1.807, 2.05) is 24.3 Å². The maximum atomic E-state index is 8.71. The average Bonchev–Trinajstić information content (AvgIpc) is 2.67. The van der Waals surface area contributed by atoms with Gasteiger partial charge in [-0.1, -0.05) is 48.5 Å². The minimum absolute atomic E-state index is 0.597. The van der Waals surface area contributed by atoms with Crippen LogP contribution in [0.25, 0.3) is 0 Å². The molecule has 2 aromatic rings. The molecule has 2 aromatic carbocycles. The summed E-state index contributed by atoms with van der Waals surface area (Å²) in [4.78, 5) is 4.84. The SMILES string of the molecule is N#CCCN1CCN(Cc2ccccc2OCc2ccccc2)CC1. The Balaban J connectivity index is 1.54. The summed E-state index contributed by atoms with van der Waals surface area (Å²) >= 11 is 0. The van der Waals surface area contributed by atoms with Crippen molar-refractivity contribution in [3.05, 3.63) is 65.7 Å². The summed E-state index contributed by atoms with van der Waals surface area (Å²) in [6, 6.07) is 20.8. The molecule has 0 aromatic heterocycles. The van der Waals surface area contributed by atoms with Crippen LogP contribution in [-0.2, 0) is 13.2 Å². The van der Waals surface area contributed by atoms with E-state index in [1.165, 1.54) is 11.1 Å². The molecule has 0 radical (unpaired) electrons. The molecule has 0 spiro atoms. The molecule has 130 valence electrons. The summed E-state index contributed by atoms with van der Waals surface area (Å²) in [5.74, 6) is 0.971. The number of benzene rings is 2. The van der Waals surface area contributed by atoms with Crippen molar-refractivity contribution in [1.82, 2.24) is 9.80 Å². The second kappa shape index (κ2) is 9.22. The van der Waals surface area contributed by atoms with Crippen molar-refractivity contribution in [2.45, 2.75) is 19.6 Å². The highest BCUT2D eigenvalue weighted by Gasteiger charge is 2.17. The van der Waals surface area contributed by atoms with E-state index in [1.54, 1.807) is 0 Å². The number of hydrogen-bond acceptors (Lipinski definition) is 4. The molecule has 1 heterocycles. The molecule has 0 N–H and O–H groups in total. The largest absolute Gasteiger partial charge is 0.489 e. The molecule has 1 saturated heterocycles. The van der Waals surface area contributed by atoms with Crippen LogP contribution in [0.1, 0.15) is 17.5 Å². The van der Waals surface area contributed by atoms with E-state index in [9.17, 15) is 0 Å². The predicted molar refractivity (Wildman–Crippen MR) is 99.2 cm³/mol. The van der Waals surface area contributed by atoms with Crippen molar-refractivity contribution in [3.63, 3.8) is 0 Å². The minimum atomic E-state index is 0.597. The van der Waals surface area contributed by atoms with Crippen LogP contribution in [0.15, 0.2) is 54.6 Å². The van der Waals surface area contributed by atoms with E-state index in [-0.39, 0.29) is 0 Å². The summed E-state index contributed by atoms with van der Waals surface area (Å²) in [5.41, 5.74) is 2.42. The van der Waals surface area contributed by atoms with Crippen molar-refractivity contribution in [2.24, 2.45) is 0 Å². The Hall–Kier alpha value is -2.35. The lowest BCUT2D eigenvalue weighted by molar-refractivity contribution is 0.128. The van der Waals surface area contributed by atoms with Gasteiger partial charge in [-0.2, -0.15) is 5.26 Å². The Labute approximate surface area is 150 Å². The Kier molecular flexibility index (Phi) is 6.44. The summed E-state index contributed by atoms with van der Waals surface area (Å²) in [5, 5.41) is 8.71. The number of nitrogens with zero attached hydrogens (tertiary/aromatic N) is 3. The summed E-state index contributed by atoms with van der Waals surface area (Å²) in [6.45, 7) is 6.55. The maximum absolute atomic E-state index is 8.71. The van der Waals surface area contributed by atoms with Crippen LogP contribution in [0.3, 0.4) is 0 Å². The Morgan fingerprint density at radius 3 is 2.32 bits per heavy atom. The molecule has 1 aliphatic rings. The van der Waals surface area contributed by atoms with Gasteiger partial charge in [-0.15, -0.1) is 0 Å². The Morgan fingerprint density at radius 1 is 0.880 bits per heavy atom. The van der Waals surface area contributed by atoms with Gasteiger partial charge in [-0.05, 0) is 11.6 Å². The first-order valence-corrected chi connectivity index (χ1v) is 8.91. The van der Waals surface area contributed by atoms with Gasteiger partial charge in [0.1, 0.15) is 12.4 Å². The Bertz CT molecular complexity index is 688. The van der Waals surface area contributed by atoms with E-state index in [0.717, 1.165) is 45.0 Å². The lowest BCUT2D eigenvalue weighted by Gasteiger charge is -2.34. The molecule has 1 fully saturated rings. The number of para-hydroxylation sites is 1. The molecule has 0 saturated carbocycles. The van der Waals surface area contributed by atoms with Gasteiger partial charge < -0.3 is 4.74 Å². The van der Waals surface area contributed by atoms with Crippen molar-refractivity contribution >= 4 is 0 Å². The smallest absolute Gasteiger partial charge is 0.124 e. The lowest BCUT2D eigenvalue weighted by Crippen LogP contribution is -2.46. The number of piperazine rings is 1. The molecular weight excluding hydrogens is 310 g/mol. The molecule has 1 aliphatic heterocycles. The van der Waals surface area contributed by atoms with Crippen LogP contribution in [0.5, 0.6) is 5.75 Å². The van der Waals surface area contributed by atoms with Gasteiger partial charge in [0.15, 0.2) is 0 Å². The molecular formula is C21H25N3O. The zero-order chi connectivity index (χ0) is 17.3. The average molecular weight is 335 g/mol. The molecule has 3 rings (SSSR count). The summed E-state index contributed by atoms with van der Waals surface area (Å²) in [7, 11) is 0. The van der Waals surface area contributed by atoms with Gasteiger partial charge in [0.05, 0.1) is 6.07 Å². The number of ether oxygens (including phenoxy) is 1. The number of rotatable bonds is 7. The third-order valence-corrected chi connectivity index (χ3v) is 4.61. The third-order valence-electron chi connectivity index (χ3n) is 4.61. The summed E-state index contributed by atoms with van der Waals surface area (Å²) < 4.78 is 6.07. The molecule has 4 heteroatoms. The first-order valence-electron chi connectivity index (χ1n) is 8.91. The van der Waals surface area contributed by atoms with Crippen LogP contribution in [0, 0.1) is 11.3 Å². The summed E-state index contributed by atoms with van der Waals surface area (Å²) in [6.07, 6.45) is 0.621. The molecule has 0 unspecified atom stereocenters. The highest BCUT2D eigenvalue weighted by Crippen LogP contribution is 2.21. The van der Waals surface area contributed by atoms with Gasteiger partial charge in [0, 0.05) is 51.3 Å². The topological polar surface area (TPSA) is 39.5 Å². The molecule has 0 amide bonds. The minimum Gasteiger partial charge on any atom is -0.489 e. The third kappa shape index (κ3) is 5.32. The van der Waals surface area contributed by atoms with E-state index >= 15 is 0 Å². The van der Waals surface area contributed by atoms with Crippen LogP contribution >= 0.6 is 0 Å². The second-order valence-electron chi connectivity index (χ2n) is 6.41. The van der Waals surface area contributed by atoms with E-state index in [0.29, 0.717) is 13.0 Å². The second-order valence-corrected chi connectivity index (χ2v) is 6.41. The van der Waals surface area contributed by atoms with Crippen LogP contribution in [0.4, 0.5) is 0 Å². The first-order chi connectivity index (χ1) is 12.3. The first kappa shape index (κ1) is 17.5. The zero-order valence-corrected chi connectivity index (χ0v) is 14.6. The highest BCUT2D eigenvalue weighted by molar-refractivity contribution is 5.33. The quantitative estimate of drug-likeness (QED) is 0.778. The molecule has 0 atom stereocenters. The molecule has 0 bridgehead atoms. The van der Waals surface area contributed by atoms with Crippen LogP contribution < -0.4 is 4.74 Å². The van der Waals surface area contributed by atoms with Gasteiger partial charge >= 0.3 is 0 Å². The van der Waals surface area contributed by atoms with Crippen molar-refractivity contribution in [2.75, 3.05) is 32.7 Å². The fourth-order valence-electron chi connectivity index (χ4n) is 3.13. The normalized spacial score (nSPS) is 15.6. The monoisotopic (exact) mass is 335 g/mol. The van der Waals surface area contributed by atoms with Gasteiger partial charge in [0.25, 0.3) is 0 Å². The molecule has 25 heavy (non-hydrogen) atoms. The van der Waals surface area contributed by atoms with Crippen molar-refractivity contribution in [3.8, 4) is 11.8 Å². The maximum Gasteiger partial charge on any atom is 0.124 e. The van der Waals surface area contributed by atoms with E-state index in [2.05, 4.69) is 46.2 Å². The van der Waals surface area contributed by atoms with Gasteiger partial charge in [0.2, 0.25) is 0 Å². The Morgan fingerprint density at radius 2 is 1.56 bits per heavy atom. The number of nitriles is 1. The fourth-order valence-corrected chi connectivity index (χ4v) is 3.13.